The van der Waals surface area contributed by atoms with Crippen molar-refractivity contribution in [2.24, 2.45) is 0 Å². The van der Waals surface area contributed by atoms with Crippen LogP contribution in [0, 0.1) is 0 Å². The minimum absolute atomic E-state index is 0.254. The number of benzene rings is 1. The summed E-state index contributed by atoms with van der Waals surface area (Å²) < 4.78 is 0. The van der Waals surface area contributed by atoms with Crippen LogP contribution in [0.4, 0.5) is 0 Å². The van der Waals surface area contributed by atoms with Gasteiger partial charge < -0.3 is 5.11 Å². The second-order valence-electron chi connectivity index (χ2n) is 3.59. The van der Waals surface area contributed by atoms with Crippen LogP contribution < -0.4 is 0 Å². The molecule has 0 bridgehead atoms. The van der Waals surface area contributed by atoms with Crippen LogP contribution in [0.1, 0.15) is 24.3 Å². The quantitative estimate of drug-likeness (QED) is 0.792. The molecule has 76 valence electrons. The van der Waals surface area contributed by atoms with Gasteiger partial charge in [0.1, 0.15) is 5.75 Å². The van der Waals surface area contributed by atoms with Crippen molar-refractivity contribution in [3.63, 3.8) is 0 Å². The first-order chi connectivity index (χ1) is 6.77. The normalized spacial score (nSPS) is 18.4. The molecule has 1 aliphatic rings. The van der Waals surface area contributed by atoms with Crippen molar-refractivity contribution >= 4 is 23.4 Å². The van der Waals surface area contributed by atoms with E-state index in [0.717, 1.165) is 0 Å². The second-order valence-corrected chi connectivity index (χ2v) is 5.22. The molecule has 1 N–H and O–H groups in total. The van der Waals surface area contributed by atoms with Crippen LogP contribution in [0.2, 0.25) is 5.02 Å². The Bertz CT molecular complexity index is 321. The van der Waals surface area contributed by atoms with Gasteiger partial charge in [0.15, 0.2) is 0 Å². The summed E-state index contributed by atoms with van der Waals surface area (Å²) in [7, 11) is 0. The molecule has 0 unspecified atom stereocenters. The smallest absolute Gasteiger partial charge is 0.117 e. The first-order valence-electron chi connectivity index (χ1n) is 4.83. The molecule has 0 atom stereocenters. The van der Waals surface area contributed by atoms with Gasteiger partial charge in [0.25, 0.3) is 0 Å². The molecule has 1 aromatic rings. The molecule has 1 nitrogen and oxygen atoms in total. The number of rotatable bonds is 1. The van der Waals surface area contributed by atoms with Gasteiger partial charge in [-0.1, -0.05) is 17.7 Å². The summed E-state index contributed by atoms with van der Waals surface area (Å²) in [5, 5.41) is 9.96. The van der Waals surface area contributed by atoms with Crippen LogP contribution in [0.3, 0.4) is 0 Å². The topological polar surface area (TPSA) is 20.2 Å². The second kappa shape index (κ2) is 4.45. The van der Waals surface area contributed by atoms with E-state index in [-0.39, 0.29) is 5.75 Å². The Labute approximate surface area is 93.5 Å². The van der Waals surface area contributed by atoms with Crippen LogP contribution in [0.5, 0.6) is 5.75 Å². The van der Waals surface area contributed by atoms with Gasteiger partial charge in [-0.25, -0.2) is 0 Å². The average Bonchev–Trinajstić information content (AvgIpc) is 2.19. The van der Waals surface area contributed by atoms with E-state index in [1.807, 2.05) is 17.8 Å². The average molecular weight is 229 g/mol. The van der Waals surface area contributed by atoms with Gasteiger partial charge in [-0.15, -0.1) is 0 Å². The van der Waals surface area contributed by atoms with Crippen molar-refractivity contribution in [3.05, 3.63) is 28.8 Å². The van der Waals surface area contributed by atoms with Gasteiger partial charge in [0.05, 0.1) is 0 Å². The SMILES string of the molecule is Oc1ccc(C2CCSCC2)c(Cl)c1. The summed E-state index contributed by atoms with van der Waals surface area (Å²) in [6.07, 6.45) is 2.41. The number of phenols is 1. The molecule has 0 aromatic heterocycles. The number of hydrogen-bond donors (Lipinski definition) is 1. The Balaban J connectivity index is 2.22. The highest BCUT2D eigenvalue weighted by Crippen LogP contribution is 2.36. The van der Waals surface area contributed by atoms with Gasteiger partial charge >= 0.3 is 0 Å². The van der Waals surface area contributed by atoms with Gasteiger partial charge in [-0.3, -0.25) is 0 Å². The molecule has 0 aliphatic carbocycles. The zero-order valence-corrected chi connectivity index (χ0v) is 9.44. The Morgan fingerprint density at radius 1 is 1.29 bits per heavy atom. The number of thioether (sulfide) groups is 1. The number of aromatic hydroxyl groups is 1. The standard InChI is InChI=1S/C11H13ClOS/c12-11-7-9(13)1-2-10(11)8-3-5-14-6-4-8/h1-2,7-8,13H,3-6H2. The summed E-state index contributed by atoms with van der Waals surface area (Å²) in [4.78, 5) is 0. The minimum Gasteiger partial charge on any atom is -0.508 e. The molecule has 1 aromatic carbocycles. The highest BCUT2D eigenvalue weighted by Gasteiger charge is 2.18. The van der Waals surface area contributed by atoms with Gasteiger partial charge in [0.2, 0.25) is 0 Å². The summed E-state index contributed by atoms with van der Waals surface area (Å²) in [5.41, 5.74) is 1.20. The third kappa shape index (κ3) is 2.18. The largest absolute Gasteiger partial charge is 0.508 e. The summed E-state index contributed by atoms with van der Waals surface area (Å²) in [6.45, 7) is 0. The van der Waals surface area contributed by atoms with Crippen molar-refractivity contribution < 1.29 is 5.11 Å². The molecule has 0 spiro atoms. The number of hydrogen-bond acceptors (Lipinski definition) is 2. The van der Waals surface area contributed by atoms with Crippen LogP contribution in [0.15, 0.2) is 18.2 Å². The maximum Gasteiger partial charge on any atom is 0.117 e. The molecular formula is C11H13ClOS. The van der Waals surface area contributed by atoms with Crippen molar-refractivity contribution in [2.45, 2.75) is 18.8 Å². The predicted octanol–water partition coefficient (Wildman–Crippen LogP) is 3.66. The highest BCUT2D eigenvalue weighted by molar-refractivity contribution is 7.99. The van der Waals surface area contributed by atoms with Crippen molar-refractivity contribution in [3.8, 4) is 5.75 Å². The highest BCUT2D eigenvalue weighted by atomic mass is 35.5. The molecule has 1 heterocycles. The van der Waals surface area contributed by atoms with E-state index in [2.05, 4.69) is 0 Å². The van der Waals surface area contributed by atoms with Gasteiger partial charge in [-0.05, 0) is 48.0 Å². The molecule has 0 radical (unpaired) electrons. The van der Waals surface area contributed by atoms with Crippen LogP contribution >= 0.6 is 23.4 Å². The Hall–Kier alpha value is -0.340. The van der Waals surface area contributed by atoms with E-state index >= 15 is 0 Å². The van der Waals surface area contributed by atoms with Gasteiger partial charge in [0, 0.05) is 5.02 Å². The van der Waals surface area contributed by atoms with Crippen molar-refractivity contribution in [1.29, 1.82) is 0 Å². The van der Waals surface area contributed by atoms with Crippen LogP contribution in [-0.2, 0) is 0 Å². The van der Waals surface area contributed by atoms with Gasteiger partial charge in [-0.2, -0.15) is 11.8 Å². The maximum atomic E-state index is 9.25. The van der Waals surface area contributed by atoms with Crippen molar-refractivity contribution in [2.75, 3.05) is 11.5 Å². The van der Waals surface area contributed by atoms with Crippen molar-refractivity contribution in [1.82, 2.24) is 0 Å². The molecule has 3 heteroatoms. The Kier molecular flexibility index (Phi) is 3.24. The first-order valence-corrected chi connectivity index (χ1v) is 6.37. The lowest BCUT2D eigenvalue weighted by atomic mass is 9.93. The molecule has 1 fully saturated rings. The summed E-state index contributed by atoms with van der Waals surface area (Å²) in [5.74, 6) is 3.29. The molecular weight excluding hydrogens is 216 g/mol. The predicted molar refractivity (Wildman–Crippen MR) is 62.4 cm³/mol. The zero-order chi connectivity index (χ0) is 9.97. The van der Waals surface area contributed by atoms with Crippen LogP contribution in [-0.4, -0.2) is 16.6 Å². The summed E-state index contributed by atoms with van der Waals surface area (Å²) >= 11 is 8.11. The molecule has 1 saturated heterocycles. The fourth-order valence-electron chi connectivity index (χ4n) is 1.86. The molecule has 0 amide bonds. The molecule has 0 saturated carbocycles. The first kappa shape index (κ1) is 10.2. The fourth-order valence-corrected chi connectivity index (χ4v) is 3.29. The van der Waals surface area contributed by atoms with E-state index in [9.17, 15) is 5.11 Å². The molecule has 2 rings (SSSR count). The summed E-state index contributed by atoms with van der Waals surface area (Å²) in [6, 6.07) is 5.32. The van der Waals surface area contributed by atoms with E-state index in [1.165, 1.54) is 29.9 Å². The molecule has 1 aliphatic heterocycles. The lowest BCUT2D eigenvalue weighted by Crippen LogP contribution is -2.08. The maximum absolute atomic E-state index is 9.25. The van der Waals surface area contributed by atoms with E-state index in [4.69, 9.17) is 11.6 Å². The molecule has 14 heavy (non-hydrogen) atoms. The van der Waals surface area contributed by atoms with E-state index in [1.54, 1.807) is 12.1 Å². The Morgan fingerprint density at radius 3 is 2.64 bits per heavy atom. The number of phenolic OH excluding ortho intramolecular Hbond substituents is 1. The fraction of sp³-hybridized carbons (Fsp3) is 0.455. The zero-order valence-electron chi connectivity index (χ0n) is 7.87. The lowest BCUT2D eigenvalue weighted by Gasteiger charge is -2.22. The van der Waals surface area contributed by atoms with E-state index in [0.29, 0.717) is 10.9 Å². The third-order valence-corrected chi connectivity index (χ3v) is 4.02. The van der Waals surface area contributed by atoms with Crippen LogP contribution in [0.25, 0.3) is 0 Å². The number of halogens is 1. The Morgan fingerprint density at radius 2 is 2.00 bits per heavy atom. The lowest BCUT2D eigenvalue weighted by molar-refractivity contribution is 0.474. The third-order valence-electron chi connectivity index (χ3n) is 2.65. The van der Waals surface area contributed by atoms with E-state index < -0.39 is 0 Å². The minimum atomic E-state index is 0.254. The monoisotopic (exact) mass is 228 g/mol.